The first-order valence-corrected chi connectivity index (χ1v) is 12.0. The van der Waals surface area contributed by atoms with Crippen molar-refractivity contribution in [3.05, 3.63) is 53.7 Å². The summed E-state index contributed by atoms with van der Waals surface area (Å²) in [6, 6.07) is 13.4. The minimum Gasteiger partial charge on any atom is -0.480 e. The fraction of sp³-hybridized carbons (Fsp3) is 0.462. The van der Waals surface area contributed by atoms with Gasteiger partial charge in [0, 0.05) is 36.8 Å². The molecule has 1 aromatic heterocycles. The van der Waals surface area contributed by atoms with Crippen LogP contribution in [0.15, 0.2) is 42.6 Å². The summed E-state index contributed by atoms with van der Waals surface area (Å²) in [5, 5.41) is 15.0. The molecule has 8 heteroatoms. The number of hydrogen-bond donors (Lipinski definition) is 2. The molecule has 2 saturated heterocycles. The molecule has 34 heavy (non-hydrogen) atoms. The predicted molar refractivity (Wildman–Crippen MR) is 127 cm³/mol. The van der Waals surface area contributed by atoms with Crippen molar-refractivity contribution in [2.45, 2.75) is 56.5 Å². The van der Waals surface area contributed by atoms with Gasteiger partial charge in [-0.05, 0) is 49.4 Å². The third kappa shape index (κ3) is 4.06. The van der Waals surface area contributed by atoms with Gasteiger partial charge in [0.2, 0.25) is 12.7 Å². The van der Waals surface area contributed by atoms with Gasteiger partial charge in [-0.1, -0.05) is 18.2 Å². The summed E-state index contributed by atoms with van der Waals surface area (Å²) in [5.41, 5.74) is 3.50. The second-order valence-corrected chi connectivity index (χ2v) is 9.46. The molecule has 0 spiro atoms. The molecule has 2 fully saturated rings. The average molecular weight is 463 g/mol. The van der Waals surface area contributed by atoms with Gasteiger partial charge in [-0.2, -0.15) is 0 Å². The fourth-order valence-electron chi connectivity index (χ4n) is 5.76. The highest BCUT2D eigenvalue weighted by Gasteiger charge is 2.41. The van der Waals surface area contributed by atoms with E-state index in [9.17, 15) is 5.11 Å². The number of aliphatic hydroxyl groups excluding tert-OH is 1. The van der Waals surface area contributed by atoms with E-state index in [1.54, 1.807) is 13.3 Å². The lowest BCUT2D eigenvalue weighted by Gasteiger charge is -2.40. The first kappa shape index (κ1) is 21.6. The molecule has 2 aromatic carbocycles. The molecule has 3 aromatic rings. The van der Waals surface area contributed by atoms with Gasteiger partial charge in [-0.3, -0.25) is 4.90 Å². The molecular weight excluding hydrogens is 432 g/mol. The van der Waals surface area contributed by atoms with Gasteiger partial charge in [-0.25, -0.2) is 9.97 Å². The second kappa shape index (κ2) is 9.02. The highest BCUT2D eigenvalue weighted by Crippen LogP contribution is 2.38. The molecule has 3 atom stereocenters. The molecule has 4 heterocycles. The SMILES string of the molecule is COc1cnc2cccc(C(O)CN3C4CCC3CC(NCc3ccc5c(c3)OCO5)C4)c2n1. The molecule has 2 N–H and O–H groups in total. The normalized spacial score (nSPS) is 24.5. The topological polar surface area (TPSA) is 89.0 Å². The lowest BCUT2D eigenvalue weighted by Crippen LogP contribution is -2.50. The molecule has 3 aliphatic rings. The van der Waals surface area contributed by atoms with Crippen LogP contribution in [0, 0.1) is 0 Å². The van der Waals surface area contributed by atoms with Crippen LogP contribution in [0.1, 0.15) is 42.9 Å². The van der Waals surface area contributed by atoms with Crippen LogP contribution in [0.25, 0.3) is 11.0 Å². The Labute approximate surface area is 198 Å². The number of benzene rings is 2. The van der Waals surface area contributed by atoms with Gasteiger partial charge in [0.25, 0.3) is 0 Å². The minimum absolute atomic E-state index is 0.304. The van der Waals surface area contributed by atoms with Crippen LogP contribution in [0.4, 0.5) is 0 Å². The first-order chi connectivity index (χ1) is 16.7. The monoisotopic (exact) mass is 462 g/mol. The van der Waals surface area contributed by atoms with Crippen LogP contribution in [0.2, 0.25) is 0 Å². The largest absolute Gasteiger partial charge is 0.480 e. The van der Waals surface area contributed by atoms with Gasteiger partial charge in [0.1, 0.15) is 0 Å². The van der Waals surface area contributed by atoms with Crippen LogP contribution in [0.5, 0.6) is 17.4 Å². The van der Waals surface area contributed by atoms with E-state index in [-0.39, 0.29) is 0 Å². The average Bonchev–Trinajstić information content (AvgIpc) is 3.42. The van der Waals surface area contributed by atoms with Crippen LogP contribution >= 0.6 is 0 Å². The van der Waals surface area contributed by atoms with E-state index in [0.717, 1.165) is 42.0 Å². The Morgan fingerprint density at radius 3 is 2.79 bits per heavy atom. The zero-order valence-electron chi connectivity index (χ0n) is 19.3. The van der Waals surface area contributed by atoms with Crippen molar-refractivity contribution in [1.82, 2.24) is 20.2 Å². The third-order valence-corrected chi connectivity index (χ3v) is 7.45. The zero-order chi connectivity index (χ0) is 23.1. The van der Waals surface area contributed by atoms with Crippen molar-refractivity contribution in [1.29, 1.82) is 0 Å². The van der Waals surface area contributed by atoms with E-state index in [4.69, 9.17) is 14.2 Å². The summed E-state index contributed by atoms with van der Waals surface area (Å²) in [4.78, 5) is 11.5. The Balaban J connectivity index is 1.10. The standard InChI is InChI=1S/C26H30N4O4/c1-32-25-13-28-21-4-2-3-20(26(21)29-25)22(31)14-30-18-6-7-19(30)11-17(10-18)27-12-16-5-8-23-24(9-16)34-15-33-23/h2-5,8-9,13,17-19,22,27,31H,6-7,10-12,14-15H2,1H3. The molecule has 0 saturated carbocycles. The first-order valence-electron chi connectivity index (χ1n) is 12.0. The van der Waals surface area contributed by atoms with E-state index in [2.05, 4.69) is 32.3 Å². The number of nitrogens with one attached hydrogen (secondary N) is 1. The van der Waals surface area contributed by atoms with Crippen molar-refractivity contribution in [3.63, 3.8) is 0 Å². The van der Waals surface area contributed by atoms with Gasteiger partial charge in [0.05, 0.1) is 30.4 Å². The molecule has 3 unspecified atom stereocenters. The van der Waals surface area contributed by atoms with Crippen LogP contribution in [-0.2, 0) is 6.54 Å². The van der Waals surface area contributed by atoms with Crippen LogP contribution in [0.3, 0.4) is 0 Å². The Kier molecular flexibility index (Phi) is 5.72. The lowest BCUT2D eigenvalue weighted by molar-refractivity contribution is 0.0521. The Bertz CT molecular complexity index is 1170. The van der Waals surface area contributed by atoms with Crippen molar-refractivity contribution in [2.75, 3.05) is 20.4 Å². The van der Waals surface area contributed by atoms with E-state index in [1.165, 1.54) is 18.4 Å². The van der Waals surface area contributed by atoms with E-state index >= 15 is 0 Å². The number of nitrogens with zero attached hydrogens (tertiary/aromatic N) is 3. The smallest absolute Gasteiger partial charge is 0.232 e. The maximum absolute atomic E-state index is 11.2. The van der Waals surface area contributed by atoms with E-state index < -0.39 is 6.10 Å². The molecular formula is C26H30N4O4. The summed E-state index contributed by atoms with van der Waals surface area (Å²) in [6.45, 7) is 1.74. The quantitative estimate of drug-likeness (QED) is 0.554. The molecule has 178 valence electrons. The molecule has 0 aliphatic carbocycles. The predicted octanol–water partition coefficient (Wildman–Crippen LogP) is 3.19. The number of para-hydroxylation sites is 1. The summed E-state index contributed by atoms with van der Waals surface area (Å²) in [5.74, 6) is 2.12. The molecule has 0 radical (unpaired) electrons. The van der Waals surface area contributed by atoms with Crippen LogP contribution < -0.4 is 19.5 Å². The van der Waals surface area contributed by atoms with Crippen molar-refractivity contribution >= 4 is 11.0 Å². The molecule has 6 rings (SSSR count). The molecule has 3 aliphatic heterocycles. The fourth-order valence-corrected chi connectivity index (χ4v) is 5.76. The number of aromatic nitrogens is 2. The number of hydrogen-bond acceptors (Lipinski definition) is 8. The Hall–Kier alpha value is -2.94. The summed E-state index contributed by atoms with van der Waals surface area (Å²) in [7, 11) is 1.58. The Morgan fingerprint density at radius 1 is 1.15 bits per heavy atom. The summed E-state index contributed by atoms with van der Waals surface area (Å²) >= 11 is 0. The lowest BCUT2D eigenvalue weighted by atomic mass is 9.95. The summed E-state index contributed by atoms with van der Waals surface area (Å²) in [6.07, 6.45) is 5.55. The van der Waals surface area contributed by atoms with E-state index in [1.807, 2.05) is 24.3 Å². The third-order valence-electron chi connectivity index (χ3n) is 7.45. The van der Waals surface area contributed by atoms with Crippen LogP contribution in [-0.4, -0.2) is 58.5 Å². The number of rotatable bonds is 7. The number of piperidine rings is 1. The zero-order valence-corrected chi connectivity index (χ0v) is 19.3. The van der Waals surface area contributed by atoms with Gasteiger partial charge < -0.3 is 24.6 Å². The second-order valence-electron chi connectivity index (χ2n) is 9.46. The number of fused-ring (bicyclic) bond motifs is 4. The number of aliphatic hydroxyl groups is 1. The van der Waals surface area contributed by atoms with E-state index in [0.29, 0.717) is 42.9 Å². The van der Waals surface area contributed by atoms with Crippen molar-refractivity contribution in [2.24, 2.45) is 0 Å². The van der Waals surface area contributed by atoms with Crippen molar-refractivity contribution in [3.8, 4) is 17.4 Å². The van der Waals surface area contributed by atoms with Gasteiger partial charge in [-0.15, -0.1) is 0 Å². The maximum Gasteiger partial charge on any atom is 0.232 e. The Morgan fingerprint density at radius 2 is 1.97 bits per heavy atom. The molecule has 2 bridgehead atoms. The highest BCUT2D eigenvalue weighted by molar-refractivity contribution is 5.78. The minimum atomic E-state index is -0.619. The molecule has 0 amide bonds. The highest BCUT2D eigenvalue weighted by atomic mass is 16.7. The van der Waals surface area contributed by atoms with Gasteiger partial charge in [0.15, 0.2) is 11.5 Å². The number of methoxy groups -OCH3 is 1. The molecule has 8 nitrogen and oxygen atoms in total. The summed E-state index contributed by atoms with van der Waals surface area (Å²) < 4.78 is 16.2. The van der Waals surface area contributed by atoms with Crippen molar-refractivity contribution < 1.29 is 19.3 Å². The van der Waals surface area contributed by atoms with Gasteiger partial charge >= 0.3 is 0 Å². The number of ether oxygens (including phenoxy) is 3. The maximum atomic E-state index is 11.2.